The number of H-pyrrole nitrogens is 1. The number of hydrogen-bond acceptors (Lipinski definition) is 4. The molecule has 136 valence electrons. The van der Waals surface area contributed by atoms with Crippen molar-refractivity contribution in [3.8, 4) is 0 Å². The van der Waals surface area contributed by atoms with Gasteiger partial charge in [-0.1, -0.05) is 36.9 Å². The summed E-state index contributed by atoms with van der Waals surface area (Å²) >= 11 is 0. The number of amides is 1. The number of ketones is 1. The Labute approximate surface area is 152 Å². The molecule has 0 aliphatic heterocycles. The summed E-state index contributed by atoms with van der Waals surface area (Å²) in [6.45, 7) is 7.86. The fourth-order valence-corrected chi connectivity index (χ4v) is 2.39. The molecule has 0 fully saturated rings. The van der Waals surface area contributed by atoms with Gasteiger partial charge >= 0.3 is 0 Å². The van der Waals surface area contributed by atoms with E-state index in [9.17, 15) is 9.59 Å². The van der Waals surface area contributed by atoms with Crippen LogP contribution in [-0.2, 0) is 9.57 Å². The predicted molar refractivity (Wildman–Crippen MR) is 99.4 cm³/mol. The summed E-state index contributed by atoms with van der Waals surface area (Å²) in [5.41, 5.74) is 4.55. The molecule has 26 heavy (non-hydrogen) atoms. The van der Waals surface area contributed by atoms with Crippen LogP contribution >= 0.6 is 0 Å². The Kier molecular flexibility index (Phi) is 6.52. The molecule has 1 amide bonds. The molecule has 2 aromatic rings. The lowest BCUT2D eigenvalue weighted by Gasteiger charge is -2.13. The van der Waals surface area contributed by atoms with Crippen LogP contribution in [0.25, 0.3) is 5.57 Å². The van der Waals surface area contributed by atoms with Gasteiger partial charge in [0.1, 0.15) is 11.5 Å². The van der Waals surface area contributed by atoms with Gasteiger partial charge in [-0.25, -0.2) is 5.48 Å². The number of methoxy groups -OCH3 is 1. The van der Waals surface area contributed by atoms with E-state index in [1.807, 2.05) is 30.3 Å². The third-order valence-electron chi connectivity index (χ3n) is 3.81. The van der Waals surface area contributed by atoms with Gasteiger partial charge in [0.2, 0.25) is 0 Å². The van der Waals surface area contributed by atoms with E-state index in [1.165, 1.54) is 19.4 Å². The Morgan fingerprint density at radius 1 is 1.19 bits per heavy atom. The molecule has 0 bridgehead atoms. The number of aromatic amines is 1. The zero-order valence-corrected chi connectivity index (χ0v) is 15.1. The van der Waals surface area contributed by atoms with Gasteiger partial charge in [-0.05, 0) is 31.1 Å². The van der Waals surface area contributed by atoms with Crippen molar-refractivity contribution < 1.29 is 19.2 Å². The van der Waals surface area contributed by atoms with Crippen LogP contribution in [0.3, 0.4) is 0 Å². The third-order valence-corrected chi connectivity index (χ3v) is 3.81. The lowest BCUT2D eigenvalue weighted by Crippen LogP contribution is -2.23. The number of rotatable bonds is 8. The number of Topliss-reactive ketones (excluding diaryl/α,β-unsaturated/α-hetero) is 1. The fourth-order valence-electron chi connectivity index (χ4n) is 2.39. The number of hydrogen-bond donors (Lipinski definition) is 2. The topological polar surface area (TPSA) is 80.4 Å². The molecular formula is C20H22N2O4. The minimum Gasteiger partial charge on any atom is -0.501 e. The summed E-state index contributed by atoms with van der Waals surface area (Å²) in [4.78, 5) is 32.6. The molecule has 0 aliphatic rings. The number of carbonyl (C=O) groups is 2. The van der Waals surface area contributed by atoms with Crippen LogP contribution in [-0.4, -0.2) is 30.4 Å². The zero-order chi connectivity index (χ0) is 19.1. The van der Waals surface area contributed by atoms with E-state index >= 15 is 0 Å². The van der Waals surface area contributed by atoms with Crippen LogP contribution in [0.4, 0.5) is 0 Å². The molecule has 1 aromatic carbocycles. The lowest BCUT2D eigenvalue weighted by atomic mass is 9.93. The smallest absolute Gasteiger partial charge is 0.291 e. The van der Waals surface area contributed by atoms with Crippen molar-refractivity contribution in [1.29, 1.82) is 0 Å². The highest BCUT2D eigenvalue weighted by atomic mass is 16.6. The molecule has 0 saturated carbocycles. The van der Waals surface area contributed by atoms with Crippen LogP contribution in [0.5, 0.6) is 0 Å². The maximum atomic E-state index is 13.0. The van der Waals surface area contributed by atoms with Crippen molar-refractivity contribution in [2.24, 2.45) is 0 Å². The van der Waals surface area contributed by atoms with E-state index < -0.39 is 5.91 Å². The Bertz CT molecular complexity index is 835. The Hall–Kier alpha value is -3.12. The van der Waals surface area contributed by atoms with Crippen LogP contribution in [0.2, 0.25) is 0 Å². The minimum atomic E-state index is -0.457. The molecule has 0 atom stereocenters. The van der Waals surface area contributed by atoms with Crippen molar-refractivity contribution in [2.75, 3.05) is 13.7 Å². The maximum absolute atomic E-state index is 13.0. The molecule has 0 saturated heterocycles. The first-order chi connectivity index (χ1) is 12.5. The second-order valence-corrected chi connectivity index (χ2v) is 5.48. The van der Waals surface area contributed by atoms with E-state index in [1.54, 1.807) is 13.8 Å². The highest BCUT2D eigenvalue weighted by Crippen LogP contribution is 2.27. The fraction of sp³-hybridized carbons (Fsp3) is 0.200. The maximum Gasteiger partial charge on any atom is 0.291 e. The molecule has 6 heteroatoms. The highest BCUT2D eigenvalue weighted by Gasteiger charge is 2.22. The number of carbonyl (C=O) groups excluding carboxylic acids is 2. The number of ether oxygens (including phenoxy) is 1. The number of allylic oxidation sites excluding steroid dienone is 3. The first kappa shape index (κ1) is 19.2. The SMILES string of the molecule is C=C(/C(C(=O)c1c[nH]c(C(=O)NOCC)c1)=C(/C)OC)c1ccccc1. The minimum absolute atomic E-state index is 0.224. The molecule has 1 heterocycles. The van der Waals surface area contributed by atoms with E-state index in [-0.39, 0.29) is 11.5 Å². The zero-order valence-electron chi connectivity index (χ0n) is 15.1. The average Bonchev–Trinajstić information content (AvgIpc) is 3.16. The predicted octanol–water partition coefficient (Wildman–Crippen LogP) is 3.51. The summed E-state index contributed by atoms with van der Waals surface area (Å²) in [5.74, 6) is -0.294. The standard InChI is InChI=1S/C20H22N2O4/c1-5-26-22-20(24)17-11-16(12-21-17)19(23)18(14(3)25-4)13(2)15-9-7-6-8-10-15/h6-12,21H,2,5H2,1,3-4H3,(H,22,24)/b18-14+. The molecule has 6 nitrogen and oxygen atoms in total. The van der Waals surface area contributed by atoms with Crippen molar-refractivity contribution in [1.82, 2.24) is 10.5 Å². The van der Waals surface area contributed by atoms with Crippen LogP contribution in [0, 0.1) is 0 Å². The van der Waals surface area contributed by atoms with Gasteiger partial charge < -0.3 is 9.72 Å². The Balaban J connectivity index is 2.33. The van der Waals surface area contributed by atoms with Gasteiger partial charge in [0.05, 0.1) is 19.3 Å². The quantitative estimate of drug-likeness (QED) is 0.250. The van der Waals surface area contributed by atoms with E-state index in [0.717, 1.165) is 5.56 Å². The van der Waals surface area contributed by atoms with Gasteiger partial charge in [0.25, 0.3) is 5.91 Å². The number of nitrogens with one attached hydrogen (secondary N) is 2. The second-order valence-electron chi connectivity index (χ2n) is 5.48. The van der Waals surface area contributed by atoms with E-state index in [0.29, 0.717) is 29.1 Å². The molecule has 2 N–H and O–H groups in total. The van der Waals surface area contributed by atoms with Crippen LogP contribution in [0.1, 0.15) is 40.3 Å². The van der Waals surface area contributed by atoms with Crippen LogP contribution < -0.4 is 5.48 Å². The first-order valence-electron chi connectivity index (χ1n) is 8.14. The number of benzene rings is 1. The van der Waals surface area contributed by atoms with Gasteiger partial charge in [-0.2, -0.15) is 0 Å². The van der Waals surface area contributed by atoms with Gasteiger partial charge in [0.15, 0.2) is 5.78 Å². The van der Waals surface area contributed by atoms with E-state index in [4.69, 9.17) is 9.57 Å². The number of hydroxylamine groups is 1. The monoisotopic (exact) mass is 354 g/mol. The molecular weight excluding hydrogens is 332 g/mol. The number of aromatic nitrogens is 1. The summed E-state index contributed by atoms with van der Waals surface area (Å²) in [6.07, 6.45) is 1.48. The van der Waals surface area contributed by atoms with Gasteiger partial charge in [-0.3, -0.25) is 14.4 Å². The van der Waals surface area contributed by atoms with Crippen molar-refractivity contribution in [3.63, 3.8) is 0 Å². The Morgan fingerprint density at radius 3 is 2.50 bits per heavy atom. The van der Waals surface area contributed by atoms with Gasteiger partial charge in [-0.15, -0.1) is 0 Å². The Morgan fingerprint density at radius 2 is 1.88 bits per heavy atom. The summed E-state index contributed by atoms with van der Waals surface area (Å²) < 4.78 is 5.29. The van der Waals surface area contributed by atoms with Crippen molar-refractivity contribution in [2.45, 2.75) is 13.8 Å². The summed E-state index contributed by atoms with van der Waals surface area (Å²) in [6, 6.07) is 10.8. The average molecular weight is 354 g/mol. The molecule has 2 rings (SSSR count). The first-order valence-corrected chi connectivity index (χ1v) is 8.14. The molecule has 0 spiro atoms. The van der Waals surface area contributed by atoms with Crippen LogP contribution in [0.15, 0.2) is 60.5 Å². The second kappa shape index (κ2) is 8.82. The van der Waals surface area contributed by atoms with Crippen molar-refractivity contribution in [3.05, 3.63) is 77.3 Å². The molecule has 0 aliphatic carbocycles. The summed E-state index contributed by atoms with van der Waals surface area (Å²) in [7, 11) is 1.50. The largest absolute Gasteiger partial charge is 0.501 e. The lowest BCUT2D eigenvalue weighted by molar-refractivity contribution is 0.0360. The molecule has 0 unspecified atom stereocenters. The van der Waals surface area contributed by atoms with E-state index in [2.05, 4.69) is 17.0 Å². The molecule has 0 radical (unpaired) electrons. The highest BCUT2D eigenvalue weighted by molar-refractivity contribution is 6.19. The van der Waals surface area contributed by atoms with Gasteiger partial charge in [0, 0.05) is 11.8 Å². The normalized spacial score (nSPS) is 11.5. The summed E-state index contributed by atoms with van der Waals surface area (Å²) in [5, 5.41) is 0. The molecule has 1 aromatic heterocycles. The third kappa shape index (κ3) is 4.29. The van der Waals surface area contributed by atoms with Crippen molar-refractivity contribution >= 4 is 17.3 Å².